The summed E-state index contributed by atoms with van der Waals surface area (Å²) in [5.41, 5.74) is 1.24. The minimum Gasteiger partial charge on any atom is -0.492 e. The van der Waals surface area contributed by atoms with E-state index in [9.17, 15) is 18.7 Å². The summed E-state index contributed by atoms with van der Waals surface area (Å²) in [5, 5.41) is 13.7. The maximum absolute atomic E-state index is 14.0. The Labute approximate surface area is 218 Å². The molecule has 1 aliphatic carbocycles. The summed E-state index contributed by atoms with van der Waals surface area (Å²) in [6, 6.07) is 8.58. The molecule has 2 fully saturated rings. The molecular weight excluding hydrogens is 502 g/mol. The van der Waals surface area contributed by atoms with E-state index >= 15 is 0 Å². The van der Waals surface area contributed by atoms with E-state index in [0.717, 1.165) is 24.3 Å². The van der Waals surface area contributed by atoms with Crippen LogP contribution < -0.4 is 10.1 Å². The lowest BCUT2D eigenvalue weighted by atomic mass is 9.73. The zero-order valence-electron chi connectivity index (χ0n) is 20.5. The minimum absolute atomic E-state index is 0.0263. The normalized spacial score (nSPS) is 24.9. The van der Waals surface area contributed by atoms with Gasteiger partial charge in [0.25, 0.3) is 6.43 Å². The van der Waals surface area contributed by atoms with Crippen LogP contribution in [0.4, 0.5) is 14.5 Å². The summed E-state index contributed by atoms with van der Waals surface area (Å²) >= 11 is 6.21. The fourth-order valence-corrected chi connectivity index (χ4v) is 6.36. The number of piperidine rings is 1. The van der Waals surface area contributed by atoms with Gasteiger partial charge in [-0.15, -0.1) is 0 Å². The Balaban J connectivity index is 1.10. The topological polar surface area (TPSA) is 79.6 Å². The number of fused-ring (bicyclic) bond motifs is 3. The second-order valence-electron chi connectivity index (χ2n) is 10.8. The van der Waals surface area contributed by atoms with E-state index in [2.05, 4.69) is 15.2 Å². The zero-order valence-corrected chi connectivity index (χ0v) is 21.3. The van der Waals surface area contributed by atoms with Crippen molar-refractivity contribution in [2.24, 2.45) is 0 Å². The number of nitrogens with one attached hydrogen (secondary N) is 1. The third kappa shape index (κ3) is 4.27. The SMILES string of the molecule is C[C@]1(O)C[C@@H](n2cnc3cc(OCCN4CCC5(CC4)C(=O)Nc4ccc(Cl)cc45)cc(C(F)F)c32)C1. The maximum Gasteiger partial charge on any atom is 0.266 e. The van der Waals surface area contributed by atoms with Crippen molar-refractivity contribution < 1.29 is 23.4 Å². The Morgan fingerprint density at radius 1 is 1.24 bits per heavy atom. The van der Waals surface area contributed by atoms with Gasteiger partial charge in [0.15, 0.2) is 0 Å². The molecule has 0 atom stereocenters. The molecular formula is C27H29ClF2N4O3. The molecule has 3 aromatic rings. The quantitative estimate of drug-likeness (QED) is 0.465. The van der Waals surface area contributed by atoms with Gasteiger partial charge in [-0.3, -0.25) is 9.69 Å². The Morgan fingerprint density at radius 3 is 2.70 bits per heavy atom. The average Bonchev–Trinajstić information content (AvgIpc) is 3.37. The van der Waals surface area contributed by atoms with Gasteiger partial charge in [-0.1, -0.05) is 11.6 Å². The number of halogens is 3. The molecule has 0 unspecified atom stereocenters. The molecule has 3 aliphatic rings. The number of carbonyl (C=O) groups excluding carboxylic acids is 1. The van der Waals surface area contributed by atoms with Crippen LogP contribution in [0.15, 0.2) is 36.7 Å². The second-order valence-corrected chi connectivity index (χ2v) is 11.2. The van der Waals surface area contributed by atoms with Gasteiger partial charge in [0.2, 0.25) is 5.91 Å². The van der Waals surface area contributed by atoms with Crippen LogP contribution in [0, 0.1) is 0 Å². The van der Waals surface area contributed by atoms with E-state index in [1.165, 1.54) is 6.07 Å². The summed E-state index contributed by atoms with van der Waals surface area (Å²) in [6.45, 7) is 4.15. The molecule has 1 spiro atoms. The van der Waals surface area contributed by atoms with Crippen LogP contribution in [0.3, 0.4) is 0 Å². The van der Waals surface area contributed by atoms with E-state index in [0.29, 0.717) is 60.6 Å². The second kappa shape index (κ2) is 8.92. The summed E-state index contributed by atoms with van der Waals surface area (Å²) < 4.78 is 35.7. The van der Waals surface area contributed by atoms with Gasteiger partial charge in [0.05, 0.1) is 28.4 Å². The largest absolute Gasteiger partial charge is 0.492 e. The number of imidazole rings is 1. The van der Waals surface area contributed by atoms with Crippen molar-refractivity contribution in [3.8, 4) is 5.75 Å². The van der Waals surface area contributed by atoms with Crippen molar-refractivity contribution in [2.75, 3.05) is 31.6 Å². The Kier molecular flexibility index (Phi) is 5.93. The molecule has 7 nitrogen and oxygen atoms in total. The van der Waals surface area contributed by atoms with E-state index < -0.39 is 17.4 Å². The van der Waals surface area contributed by atoms with Crippen LogP contribution in [-0.2, 0) is 10.2 Å². The molecule has 3 heterocycles. The van der Waals surface area contributed by atoms with Crippen molar-refractivity contribution in [3.05, 3.63) is 52.8 Å². The van der Waals surface area contributed by atoms with Gasteiger partial charge in [-0.05, 0) is 75.5 Å². The molecule has 196 valence electrons. The number of hydrogen-bond donors (Lipinski definition) is 2. The van der Waals surface area contributed by atoms with E-state index in [-0.39, 0.29) is 17.5 Å². The average molecular weight is 531 g/mol. The smallest absolute Gasteiger partial charge is 0.266 e. The summed E-state index contributed by atoms with van der Waals surface area (Å²) in [5.74, 6) is 0.388. The highest BCUT2D eigenvalue weighted by Crippen LogP contribution is 2.46. The van der Waals surface area contributed by atoms with E-state index in [4.69, 9.17) is 16.3 Å². The fourth-order valence-electron chi connectivity index (χ4n) is 6.19. The monoisotopic (exact) mass is 530 g/mol. The van der Waals surface area contributed by atoms with Crippen LogP contribution in [0.25, 0.3) is 11.0 Å². The Morgan fingerprint density at radius 2 is 2.00 bits per heavy atom. The molecule has 2 N–H and O–H groups in total. The first-order valence-electron chi connectivity index (χ1n) is 12.6. The van der Waals surface area contributed by atoms with Crippen LogP contribution in [0.5, 0.6) is 5.75 Å². The molecule has 10 heteroatoms. The molecule has 1 saturated heterocycles. The number of likely N-dealkylation sites (tertiary alicyclic amines) is 1. The molecule has 0 radical (unpaired) electrons. The van der Waals surface area contributed by atoms with Crippen LogP contribution in [-0.4, -0.2) is 57.3 Å². The van der Waals surface area contributed by atoms with Crippen molar-refractivity contribution in [2.45, 2.75) is 56.1 Å². The third-order valence-corrected chi connectivity index (χ3v) is 8.45. The standard InChI is InChI=1S/C27H29ClF2N4O3/c1-26(36)13-17(14-26)34-15-31-22-12-18(11-19(23(22)34)24(29)30)37-9-8-33-6-4-27(5-7-33)20-10-16(28)2-3-21(20)32-25(27)35/h2-3,10-12,15,17,24,36H,4-9,13-14H2,1H3,(H,32,35)/t17-,26+. The van der Waals surface area contributed by atoms with Crippen molar-refractivity contribution in [3.63, 3.8) is 0 Å². The number of amides is 1. The minimum atomic E-state index is -2.67. The Hall–Kier alpha value is -2.75. The zero-order chi connectivity index (χ0) is 25.9. The molecule has 1 amide bonds. The first kappa shape index (κ1) is 24.6. The van der Waals surface area contributed by atoms with Gasteiger partial charge in [0.1, 0.15) is 12.4 Å². The predicted octanol–water partition coefficient (Wildman–Crippen LogP) is 5.08. The summed E-state index contributed by atoms with van der Waals surface area (Å²) in [6.07, 6.45) is 1.29. The molecule has 6 rings (SSSR count). The first-order chi connectivity index (χ1) is 17.6. The van der Waals surface area contributed by atoms with Crippen LogP contribution in [0.1, 0.15) is 56.2 Å². The number of alkyl halides is 2. The first-order valence-corrected chi connectivity index (χ1v) is 13.0. The molecule has 37 heavy (non-hydrogen) atoms. The highest BCUT2D eigenvalue weighted by atomic mass is 35.5. The third-order valence-electron chi connectivity index (χ3n) is 8.22. The number of carbonyl (C=O) groups is 1. The van der Waals surface area contributed by atoms with E-state index in [1.54, 1.807) is 30.0 Å². The molecule has 2 aliphatic heterocycles. The lowest BCUT2D eigenvalue weighted by Gasteiger charge is -2.41. The van der Waals surface area contributed by atoms with E-state index in [1.807, 2.05) is 12.1 Å². The number of aliphatic hydroxyl groups is 1. The molecule has 0 bridgehead atoms. The molecule has 2 aromatic carbocycles. The number of rotatable bonds is 6. The van der Waals surface area contributed by atoms with Crippen molar-refractivity contribution in [1.29, 1.82) is 0 Å². The van der Waals surface area contributed by atoms with Crippen molar-refractivity contribution in [1.82, 2.24) is 14.5 Å². The van der Waals surface area contributed by atoms with Gasteiger partial charge >= 0.3 is 0 Å². The fraction of sp³-hybridized carbons (Fsp3) is 0.481. The lowest BCUT2D eigenvalue weighted by molar-refractivity contribution is -0.122. The predicted molar refractivity (Wildman–Crippen MR) is 137 cm³/mol. The number of ether oxygens (including phenoxy) is 1. The van der Waals surface area contributed by atoms with Crippen LogP contribution in [0.2, 0.25) is 5.02 Å². The van der Waals surface area contributed by atoms with Crippen LogP contribution >= 0.6 is 11.6 Å². The number of hydrogen-bond acceptors (Lipinski definition) is 5. The lowest BCUT2D eigenvalue weighted by Crippen LogP contribution is -2.47. The summed E-state index contributed by atoms with van der Waals surface area (Å²) in [4.78, 5) is 19.4. The highest BCUT2D eigenvalue weighted by Gasteiger charge is 2.48. The molecule has 1 saturated carbocycles. The van der Waals surface area contributed by atoms with Crippen molar-refractivity contribution >= 4 is 34.2 Å². The summed E-state index contributed by atoms with van der Waals surface area (Å²) in [7, 11) is 0. The highest BCUT2D eigenvalue weighted by molar-refractivity contribution is 6.31. The Bertz CT molecular complexity index is 1360. The number of anilines is 1. The number of nitrogens with zero attached hydrogens (tertiary/aromatic N) is 3. The number of benzene rings is 2. The maximum atomic E-state index is 14.0. The molecule has 1 aromatic heterocycles. The van der Waals surface area contributed by atoms with Gasteiger partial charge < -0.3 is 19.7 Å². The van der Waals surface area contributed by atoms with Gasteiger partial charge in [-0.2, -0.15) is 0 Å². The van der Waals surface area contributed by atoms with Gasteiger partial charge in [0, 0.05) is 34.9 Å². The number of aromatic nitrogens is 2. The van der Waals surface area contributed by atoms with Gasteiger partial charge in [-0.25, -0.2) is 13.8 Å².